The number of carbonyl (C=O) groups is 1. The van der Waals surface area contributed by atoms with Crippen molar-refractivity contribution in [1.29, 1.82) is 0 Å². The van der Waals surface area contributed by atoms with E-state index in [9.17, 15) is 39.7 Å². The van der Waals surface area contributed by atoms with Gasteiger partial charge in [-0.25, -0.2) is 0 Å². The second-order valence-electron chi connectivity index (χ2n) is 9.77. The van der Waals surface area contributed by atoms with E-state index in [4.69, 9.17) is 32.0 Å². The van der Waals surface area contributed by atoms with Crippen LogP contribution >= 0.6 is 0 Å². The van der Waals surface area contributed by atoms with Gasteiger partial charge in [0, 0.05) is 27.4 Å². The number of rotatable bonds is 7. The molecule has 47 heavy (non-hydrogen) atoms. The molecule has 20 heteroatoms. The van der Waals surface area contributed by atoms with Crippen LogP contribution in [0.1, 0.15) is 10.4 Å². The van der Waals surface area contributed by atoms with Gasteiger partial charge in [-0.2, -0.15) is 25.3 Å². The van der Waals surface area contributed by atoms with Gasteiger partial charge in [0.2, 0.25) is 5.91 Å². The molecule has 0 saturated heterocycles. The zero-order valence-corrected chi connectivity index (χ0v) is 26.1. The van der Waals surface area contributed by atoms with Crippen LogP contribution in [0.15, 0.2) is 87.5 Å². The SMILES string of the molecule is NC(=O)c1ccc(NNc2ccc(N)c3cc(S(=O)(=O)O)ccc23)cc1.Nc1cc2c(O)c(N)c(S(=O)(=O)O)cc2cc1S(=O)(=O)O. The number of nitrogen functional groups attached to an aromatic ring is 3. The Bertz CT molecular complexity index is 2400. The topological polar surface area (TPSA) is 329 Å². The van der Waals surface area contributed by atoms with Gasteiger partial charge in [-0.15, -0.1) is 0 Å². The van der Waals surface area contributed by atoms with Gasteiger partial charge in [0.15, 0.2) is 0 Å². The maximum Gasteiger partial charge on any atom is 0.296 e. The molecule has 5 aromatic rings. The smallest absolute Gasteiger partial charge is 0.296 e. The Kier molecular flexibility index (Phi) is 9.12. The van der Waals surface area contributed by atoms with Gasteiger partial charge in [0.05, 0.1) is 27.6 Å². The fraction of sp³-hybridized carbons (Fsp3) is 0. The fourth-order valence-electron chi connectivity index (χ4n) is 4.33. The largest absolute Gasteiger partial charge is 0.505 e. The third-order valence-corrected chi connectivity index (χ3v) is 9.28. The number of primary amides is 1. The van der Waals surface area contributed by atoms with Crippen molar-refractivity contribution >= 4 is 86.2 Å². The monoisotopic (exact) mass is 706 g/mol. The summed E-state index contributed by atoms with van der Waals surface area (Å²) in [5, 5.41) is 10.9. The first kappa shape index (κ1) is 34.5. The van der Waals surface area contributed by atoms with Crippen molar-refractivity contribution in [2.75, 3.05) is 28.1 Å². The molecule has 0 atom stereocenters. The van der Waals surface area contributed by atoms with E-state index in [-0.39, 0.29) is 21.4 Å². The average molecular weight is 707 g/mol. The number of hydrogen-bond acceptors (Lipinski definition) is 13. The van der Waals surface area contributed by atoms with Gasteiger partial charge in [-0.05, 0) is 72.1 Å². The summed E-state index contributed by atoms with van der Waals surface area (Å²) in [6.07, 6.45) is 0. The van der Waals surface area contributed by atoms with Crippen LogP contribution in [0.4, 0.5) is 28.4 Å². The van der Waals surface area contributed by atoms with Gasteiger partial charge < -0.3 is 38.9 Å². The lowest BCUT2D eigenvalue weighted by Gasteiger charge is -2.14. The molecular formula is C27H26N6O11S3. The number of anilines is 5. The van der Waals surface area contributed by atoms with Crippen LogP contribution in [0, 0.1) is 0 Å². The van der Waals surface area contributed by atoms with Crippen LogP contribution in [0.2, 0.25) is 0 Å². The predicted octanol–water partition coefficient (Wildman–Crippen LogP) is 2.41. The minimum Gasteiger partial charge on any atom is -0.505 e. The maximum atomic E-state index is 11.3. The Labute approximate surface area is 267 Å². The number of amides is 1. The zero-order valence-electron chi connectivity index (χ0n) is 23.6. The second kappa shape index (κ2) is 12.4. The lowest BCUT2D eigenvalue weighted by Crippen LogP contribution is -2.12. The second-order valence-corrected chi connectivity index (χ2v) is 14.0. The zero-order chi connectivity index (χ0) is 35.1. The van der Waals surface area contributed by atoms with Crippen LogP contribution in [0.3, 0.4) is 0 Å². The first-order chi connectivity index (χ1) is 21.7. The molecular weight excluding hydrogens is 681 g/mol. The van der Waals surface area contributed by atoms with Crippen molar-refractivity contribution < 1.29 is 48.8 Å². The van der Waals surface area contributed by atoms with Crippen LogP contribution in [0.25, 0.3) is 21.5 Å². The summed E-state index contributed by atoms with van der Waals surface area (Å²) < 4.78 is 94.5. The quantitative estimate of drug-likeness (QED) is 0.0502. The van der Waals surface area contributed by atoms with Gasteiger partial charge in [-0.3, -0.25) is 18.5 Å². The summed E-state index contributed by atoms with van der Waals surface area (Å²) in [4.78, 5) is 9.39. The van der Waals surface area contributed by atoms with E-state index in [1.54, 1.807) is 42.5 Å². The number of phenolic OH excluding ortho intramolecular Hbond substituents is 1. The van der Waals surface area contributed by atoms with E-state index in [0.29, 0.717) is 33.4 Å². The molecule has 0 aromatic heterocycles. The molecule has 1 amide bonds. The first-order valence-electron chi connectivity index (χ1n) is 12.7. The summed E-state index contributed by atoms with van der Waals surface area (Å²) >= 11 is 0. The van der Waals surface area contributed by atoms with Crippen LogP contribution < -0.4 is 33.8 Å². The van der Waals surface area contributed by atoms with Crippen LogP contribution in [0.5, 0.6) is 5.75 Å². The summed E-state index contributed by atoms with van der Waals surface area (Å²) in [6.45, 7) is 0. The first-order valence-corrected chi connectivity index (χ1v) is 17.0. The number of hydrazine groups is 1. The molecule has 0 bridgehead atoms. The molecule has 0 aliphatic heterocycles. The van der Waals surface area contributed by atoms with Crippen molar-refractivity contribution in [2.24, 2.45) is 5.73 Å². The molecule has 17 nitrogen and oxygen atoms in total. The van der Waals surface area contributed by atoms with Crippen molar-refractivity contribution in [3.63, 3.8) is 0 Å². The minimum atomic E-state index is -4.73. The Morgan fingerprint density at radius 3 is 1.77 bits per heavy atom. The number of benzene rings is 5. The van der Waals surface area contributed by atoms with E-state index >= 15 is 0 Å². The number of aromatic hydroxyl groups is 1. The molecule has 0 saturated carbocycles. The van der Waals surface area contributed by atoms with E-state index in [2.05, 4.69) is 10.9 Å². The number of carbonyl (C=O) groups excluding carboxylic acids is 1. The lowest BCUT2D eigenvalue weighted by atomic mass is 10.1. The van der Waals surface area contributed by atoms with Gasteiger partial charge in [-0.1, -0.05) is 6.07 Å². The van der Waals surface area contributed by atoms with E-state index in [0.717, 1.165) is 18.2 Å². The highest BCUT2D eigenvalue weighted by atomic mass is 32.2. The van der Waals surface area contributed by atoms with E-state index in [1.807, 2.05) is 0 Å². The molecule has 0 aliphatic rings. The molecule has 14 N–H and O–H groups in total. The highest BCUT2D eigenvalue weighted by Gasteiger charge is 2.22. The normalized spacial score (nSPS) is 11.9. The molecule has 0 heterocycles. The molecule has 0 unspecified atom stereocenters. The number of nitrogens with two attached hydrogens (primary N) is 4. The van der Waals surface area contributed by atoms with Crippen molar-refractivity contribution in [1.82, 2.24) is 0 Å². The standard InChI is InChI=1S/C17H16N4O4S.C10H10N2O7S2/c18-15-7-8-16(13-6-5-12(9-14(13)15)26(23,24)25)21-20-11-3-1-10(2-4-11)17(19)22;11-6-3-5-4(1-7(6)20(14,15)16)2-8(21(17,18)19)9(12)10(5)13/h1-9,20-21H,18H2,(H2,19,22)(H,23,24,25);1-3,13H,11-12H2,(H,14,15,16)(H,17,18,19). The van der Waals surface area contributed by atoms with Crippen molar-refractivity contribution in [3.05, 3.63) is 78.4 Å². The van der Waals surface area contributed by atoms with Crippen molar-refractivity contribution in [3.8, 4) is 5.75 Å². The number of phenols is 1. The molecule has 0 radical (unpaired) electrons. The molecule has 248 valence electrons. The highest BCUT2D eigenvalue weighted by molar-refractivity contribution is 7.86. The fourth-order valence-corrected chi connectivity index (χ4v) is 6.12. The molecule has 0 aliphatic carbocycles. The molecule has 0 spiro atoms. The summed E-state index contributed by atoms with van der Waals surface area (Å²) in [5.41, 5.74) is 29.1. The minimum absolute atomic E-state index is 0.0372. The summed E-state index contributed by atoms with van der Waals surface area (Å²) in [6, 6.07) is 16.8. The Hall–Kier alpha value is -5.38. The average Bonchev–Trinajstić information content (AvgIpc) is 2.97. The summed E-state index contributed by atoms with van der Waals surface area (Å²) in [5.74, 6) is -1.20. The van der Waals surface area contributed by atoms with Crippen molar-refractivity contribution in [2.45, 2.75) is 14.7 Å². The Morgan fingerprint density at radius 2 is 1.21 bits per heavy atom. The van der Waals surface area contributed by atoms with Crippen LogP contribution in [-0.4, -0.2) is 49.9 Å². The molecule has 5 aromatic carbocycles. The number of hydrogen-bond donors (Lipinski definition) is 10. The maximum absolute atomic E-state index is 11.3. The van der Waals surface area contributed by atoms with Gasteiger partial charge in [0.1, 0.15) is 15.5 Å². The van der Waals surface area contributed by atoms with E-state index < -0.39 is 57.5 Å². The Morgan fingerprint density at radius 1 is 0.617 bits per heavy atom. The van der Waals surface area contributed by atoms with Crippen LogP contribution in [-0.2, 0) is 30.4 Å². The number of nitrogens with one attached hydrogen (secondary N) is 2. The Balaban J connectivity index is 0.000000218. The number of fused-ring (bicyclic) bond motifs is 2. The lowest BCUT2D eigenvalue weighted by molar-refractivity contribution is 0.1000. The van der Waals surface area contributed by atoms with Gasteiger partial charge in [0.25, 0.3) is 30.4 Å². The highest BCUT2D eigenvalue weighted by Crippen LogP contribution is 2.39. The van der Waals surface area contributed by atoms with Gasteiger partial charge >= 0.3 is 0 Å². The predicted molar refractivity (Wildman–Crippen MR) is 174 cm³/mol. The third-order valence-electron chi connectivity index (χ3n) is 6.63. The molecule has 5 rings (SSSR count). The molecule has 0 fully saturated rings. The van der Waals surface area contributed by atoms with E-state index in [1.165, 1.54) is 12.1 Å². The third kappa shape index (κ3) is 7.54. The summed E-state index contributed by atoms with van der Waals surface area (Å²) in [7, 11) is -13.7.